The maximum atomic E-state index is 11.1. The molecule has 4 N–H and O–H groups in total. The molecule has 0 spiro atoms. The van der Waals surface area contributed by atoms with E-state index in [1.165, 1.54) is 0 Å². The van der Waals surface area contributed by atoms with Crippen LogP contribution in [0.4, 0.5) is 0 Å². The van der Waals surface area contributed by atoms with E-state index in [1.807, 2.05) is 6.07 Å². The van der Waals surface area contributed by atoms with Gasteiger partial charge in [-0.1, -0.05) is 0 Å². The summed E-state index contributed by atoms with van der Waals surface area (Å²) in [4.78, 5) is 11.1. The van der Waals surface area contributed by atoms with Gasteiger partial charge >= 0.3 is 5.97 Å². The molecule has 1 unspecified atom stereocenters. The molecule has 0 rings (SSSR count). The standard InChI is InChI=1S/C9H17N3O2/c1-9(12,7-11)4-3-8(13)14-6-2-5-10/h2-6,10,12H2,1H3. The molecular weight excluding hydrogens is 182 g/mol. The Labute approximate surface area is 84.0 Å². The number of nitriles is 1. The van der Waals surface area contributed by atoms with Crippen molar-refractivity contribution >= 4 is 5.97 Å². The molecule has 0 saturated heterocycles. The molecule has 0 aromatic heterocycles. The van der Waals surface area contributed by atoms with Crippen LogP contribution >= 0.6 is 0 Å². The van der Waals surface area contributed by atoms with E-state index < -0.39 is 5.54 Å². The lowest BCUT2D eigenvalue weighted by atomic mass is 10.00. The number of hydrogen-bond acceptors (Lipinski definition) is 5. The zero-order valence-corrected chi connectivity index (χ0v) is 8.45. The summed E-state index contributed by atoms with van der Waals surface area (Å²) in [5.41, 5.74) is 9.80. The predicted octanol–water partition coefficient (Wildman–Crippen LogP) is -0.100. The van der Waals surface area contributed by atoms with Crippen molar-refractivity contribution in [1.82, 2.24) is 0 Å². The summed E-state index contributed by atoms with van der Waals surface area (Å²) >= 11 is 0. The average Bonchev–Trinajstić information content (AvgIpc) is 2.16. The minimum Gasteiger partial charge on any atom is -0.466 e. The van der Waals surface area contributed by atoms with Crippen LogP contribution in [0.1, 0.15) is 26.2 Å². The number of hydrogen-bond donors (Lipinski definition) is 2. The van der Waals surface area contributed by atoms with Gasteiger partial charge in [0.2, 0.25) is 0 Å². The summed E-state index contributed by atoms with van der Waals surface area (Å²) in [7, 11) is 0. The topological polar surface area (TPSA) is 102 Å². The number of ether oxygens (including phenoxy) is 1. The number of carbonyl (C=O) groups is 1. The van der Waals surface area contributed by atoms with Gasteiger partial charge in [0.25, 0.3) is 0 Å². The fraction of sp³-hybridized carbons (Fsp3) is 0.778. The zero-order valence-electron chi connectivity index (χ0n) is 8.45. The molecule has 1 atom stereocenters. The molecule has 0 aromatic rings. The minimum atomic E-state index is -0.952. The number of nitrogens with two attached hydrogens (primary N) is 2. The van der Waals surface area contributed by atoms with Crippen LogP contribution in [0, 0.1) is 11.3 Å². The summed E-state index contributed by atoms with van der Waals surface area (Å²) in [6.07, 6.45) is 1.14. The first-order valence-electron chi connectivity index (χ1n) is 4.57. The van der Waals surface area contributed by atoms with Crippen molar-refractivity contribution in [3.63, 3.8) is 0 Å². The number of nitrogens with zero attached hydrogens (tertiary/aromatic N) is 1. The van der Waals surface area contributed by atoms with Gasteiger partial charge in [0.15, 0.2) is 0 Å². The quantitative estimate of drug-likeness (QED) is 0.459. The minimum absolute atomic E-state index is 0.172. The molecule has 14 heavy (non-hydrogen) atoms. The van der Waals surface area contributed by atoms with Crippen LogP contribution in [-0.4, -0.2) is 24.7 Å². The normalized spacial score (nSPS) is 14.1. The summed E-state index contributed by atoms with van der Waals surface area (Å²) in [6, 6.07) is 1.91. The number of esters is 1. The van der Waals surface area contributed by atoms with E-state index >= 15 is 0 Å². The molecule has 0 fully saturated rings. The first-order chi connectivity index (χ1) is 6.52. The van der Waals surface area contributed by atoms with Gasteiger partial charge in [0.1, 0.15) is 5.54 Å². The lowest BCUT2D eigenvalue weighted by molar-refractivity contribution is -0.144. The van der Waals surface area contributed by atoms with Crippen LogP contribution in [0.15, 0.2) is 0 Å². The van der Waals surface area contributed by atoms with Crippen molar-refractivity contribution in [1.29, 1.82) is 5.26 Å². The van der Waals surface area contributed by atoms with Crippen molar-refractivity contribution in [2.75, 3.05) is 13.2 Å². The first kappa shape index (κ1) is 12.9. The molecule has 0 radical (unpaired) electrons. The van der Waals surface area contributed by atoms with Gasteiger partial charge in [-0.05, 0) is 26.3 Å². The Hall–Kier alpha value is -1.12. The van der Waals surface area contributed by atoms with E-state index in [9.17, 15) is 4.79 Å². The third kappa shape index (κ3) is 6.40. The molecular formula is C9H17N3O2. The Kier molecular flexibility index (Phi) is 5.84. The summed E-state index contributed by atoms with van der Waals surface area (Å²) in [5.74, 6) is -0.328. The van der Waals surface area contributed by atoms with Gasteiger partial charge in [-0.25, -0.2) is 0 Å². The number of rotatable bonds is 6. The SMILES string of the molecule is CC(N)(C#N)CCC(=O)OCCCN. The molecule has 0 aliphatic rings. The molecule has 5 heteroatoms. The van der Waals surface area contributed by atoms with Crippen LogP contribution in [0.2, 0.25) is 0 Å². The van der Waals surface area contributed by atoms with E-state index in [0.717, 1.165) is 0 Å². The first-order valence-corrected chi connectivity index (χ1v) is 4.57. The molecule has 0 bridgehead atoms. The molecule has 0 saturated carbocycles. The second kappa shape index (κ2) is 6.35. The van der Waals surface area contributed by atoms with E-state index in [-0.39, 0.29) is 12.4 Å². The molecule has 0 aliphatic heterocycles. The van der Waals surface area contributed by atoms with E-state index in [1.54, 1.807) is 6.92 Å². The fourth-order valence-corrected chi connectivity index (χ4v) is 0.759. The van der Waals surface area contributed by atoms with E-state index in [0.29, 0.717) is 26.0 Å². The van der Waals surface area contributed by atoms with Gasteiger partial charge in [-0.2, -0.15) is 5.26 Å². The highest BCUT2D eigenvalue weighted by molar-refractivity contribution is 5.69. The predicted molar refractivity (Wildman–Crippen MR) is 52.1 cm³/mol. The van der Waals surface area contributed by atoms with Crippen molar-refractivity contribution in [2.24, 2.45) is 11.5 Å². The lowest BCUT2D eigenvalue weighted by Crippen LogP contribution is -2.34. The Morgan fingerprint density at radius 1 is 1.64 bits per heavy atom. The monoisotopic (exact) mass is 199 g/mol. The Morgan fingerprint density at radius 3 is 2.79 bits per heavy atom. The maximum absolute atomic E-state index is 11.1. The fourth-order valence-electron chi connectivity index (χ4n) is 0.759. The van der Waals surface area contributed by atoms with Gasteiger partial charge in [0, 0.05) is 6.42 Å². The van der Waals surface area contributed by atoms with E-state index in [2.05, 4.69) is 0 Å². The summed E-state index contributed by atoms with van der Waals surface area (Å²) in [5, 5.41) is 8.58. The Morgan fingerprint density at radius 2 is 2.29 bits per heavy atom. The number of carbonyl (C=O) groups excluding carboxylic acids is 1. The molecule has 80 valence electrons. The van der Waals surface area contributed by atoms with Crippen LogP contribution in [-0.2, 0) is 9.53 Å². The molecule has 0 heterocycles. The average molecular weight is 199 g/mol. The van der Waals surface area contributed by atoms with Crippen molar-refractivity contribution in [2.45, 2.75) is 31.7 Å². The summed E-state index contributed by atoms with van der Waals surface area (Å²) in [6.45, 7) is 2.42. The van der Waals surface area contributed by atoms with Crippen molar-refractivity contribution in [3.05, 3.63) is 0 Å². The molecule has 0 aliphatic carbocycles. The van der Waals surface area contributed by atoms with Gasteiger partial charge < -0.3 is 16.2 Å². The second-order valence-corrected chi connectivity index (χ2v) is 3.39. The van der Waals surface area contributed by atoms with Gasteiger partial charge in [-0.15, -0.1) is 0 Å². The summed E-state index contributed by atoms with van der Waals surface area (Å²) < 4.78 is 4.84. The van der Waals surface area contributed by atoms with Crippen LogP contribution in [0.25, 0.3) is 0 Å². The third-order valence-corrected chi connectivity index (χ3v) is 1.72. The van der Waals surface area contributed by atoms with Crippen molar-refractivity contribution in [3.8, 4) is 6.07 Å². The van der Waals surface area contributed by atoms with Crippen LogP contribution in [0.5, 0.6) is 0 Å². The van der Waals surface area contributed by atoms with Crippen LogP contribution in [0.3, 0.4) is 0 Å². The molecule has 0 aromatic carbocycles. The van der Waals surface area contributed by atoms with Crippen LogP contribution < -0.4 is 11.5 Å². The largest absolute Gasteiger partial charge is 0.466 e. The second-order valence-electron chi connectivity index (χ2n) is 3.39. The highest BCUT2D eigenvalue weighted by Crippen LogP contribution is 2.07. The lowest BCUT2D eigenvalue weighted by Gasteiger charge is -2.13. The van der Waals surface area contributed by atoms with Gasteiger partial charge in [-0.3, -0.25) is 4.79 Å². The highest BCUT2D eigenvalue weighted by atomic mass is 16.5. The third-order valence-electron chi connectivity index (χ3n) is 1.72. The van der Waals surface area contributed by atoms with Gasteiger partial charge in [0.05, 0.1) is 12.7 Å². The maximum Gasteiger partial charge on any atom is 0.305 e. The smallest absolute Gasteiger partial charge is 0.305 e. The highest BCUT2D eigenvalue weighted by Gasteiger charge is 2.18. The molecule has 0 amide bonds. The van der Waals surface area contributed by atoms with Crippen molar-refractivity contribution < 1.29 is 9.53 Å². The van der Waals surface area contributed by atoms with E-state index in [4.69, 9.17) is 21.5 Å². The zero-order chi connectivity index (χ0) is 11.0. The Bertz CT molecular complexity index is 221. The Balaban J connectivity index is 3.60. The molecule has 5 nitrogen and oxygen atoms in total.